The highest BCUT2D eigenvalue weighted by Crippen LogP contribution is 2.10. The molecular formula is C11H26N4O2S. The van der Waals surface area contributed by atoms with E-state index in [1.807, 2.05) is 14.1 Å². The second kappa shape index (κ2) is 7.40. The Labute approximate surface area is 111 Å². The summed E-state index contributed by atoms with van der Waals surface area (Å²) < 4.78 is 28.3. The third kappa shape index (κ3) is 5.19. The fourth-order valence-electron chi connectivity index (χ4n) is 2.16. The molecule has 7 heteroatoms. The second-order valence-electron chi connectivity index (χ2n) is 5.00. The van der Waals surface area contributed by atoms with E-state index in [2.05, 4.69) is 14.9 Å². The van der Waals surface area contributed by atoms with Crippen LogP contribution >= 0.6 is 0 Å². The summed E-state index contributed by atoms with van der Waals surface area (Å²) in [6, 6.07) is 0.0421. The molecule has 1 rings (SSSR count). The summed E-state index contributed by atoms with van der Waals surface area (Å²) in [5.41, 5.74) is 0. The molecule has 0 aromatic rings. The number of hydrogen-bond acceptors (Lipinski definition) is 4. The lowest BCUT2D eigenvalue weighted by Crippen LogP contribution is -2.50. The molecule has 0 spiro atoms. The maximum atomic E-state index is 12.1. The van der Waals surface area contributed by atoms with Crippen molar-refractivity contribution in [2.75, 3.05) is 47.3 Å². The van der Waals surface area contributed by atoms with Gasteiger partial charge in [0.1, 0.15) is 0 Å². The van der Waals surface area contributed by atoms with Crippen molar-refractivity contribution in [2.24, 2.45) is 0 Å². The van der Waals surface area contributed by atoms with Crippen LogP contribution in [0.15, 0.2) is 0 Å². The van der Waals surface area contributed by atoms with Gasteiger partial charge in [0.05, 0.1) is 0 Å². The van der Waals surface area contributed by atoms with Crippen LogP contribution in [0.2, 0.25) is 0 Å². The topological polar surface area (TPSA) is 64.7 Å². The quantitative estimate of drug-likeness (QED) is 0.614. The van der Waals surface area contributed by atoms with Crippen LogP contribution in [0.25, 0.3) is 0 Å². The maximum absolute atomic E-state index is 12.1. The number of rotatable bonds is 7. The van der Waals surface area contributed by atoms with Gasteiger partial charge in [0.15, 0.2) is 0 Å². The predicted octanol–water partition coefficient (Wildman–Crippen LogP) is -0.544. The Morgan fingerprint density at radius 2 is 2.17 bits per heavy atom. The third-order valence-electron chi connectivity index (χ3n) is 3.25. The first-order valence-electron chi connectivity index (χ1n) is 6.52. The van der Waals surface area contributed by atoms with Gasteiger partial charge in [-0.15, -0.1) is 0 Å². The molecule has 1 heterocycles. The molecule has 1 aliphatic heterocycles. The largest absolute Gasteiger partial charge is 0.320 e. The Kier molecular flexibility index (Phi) is 6.51. The number of hydrogen-bond donors (Lipinski definition) is 2. The van der Waals surface area contributed by atoms with Crippen LogP contribution in [0.5, 0.6) is 0 Å². The summed E-state index contributed by atoms with van der Waals surface area (Å²) in [5.74, 6) is 0. The van der Waals surface area contributed by atoms with Gasteiger partial charge in [-0.3, -0.25) is 0 Å². The lowest BCUT2D eigenvalue weighted by atomic mass is 10.1. The highest BCUT2D eigenvalue weighted by atomic mass is 32.2. The average molecular weight is 278 g/mol. The Hall–Kier alpha value is -0.210. The lowest BCUT2D eigenvalue weighted by molar-refractivity contribution is 0.240. The van der Waals surface area contributed by atoms with Gasteiger partial charge in [-0.1, -0.05) is 0 Å². The predicted molar refractivity (Wildman–Crippen MR) is 73.7 cm³/mol. The molecule has 0 amide bonds. The zero-order valence-electron chi connectivity index (χ0n) is 11.6. The van der Waals surface area contributed by atoms with Gasteiger partial charge >= 0.3 is 0 Å². The van der Waals surface area contributed by atoms with Crippen LogP contribution in [0.4, 0.5) is 0 Å². The molecule has 1 saturated heterocycles. The van der Waals surface area contributed by atoms with Gasteiger partial charge in [-0.25, -0.2) is 0 Å². The molecule has 0 radical (unpaired) electrons. The molecule has 2 N–H and O–H groups in total. The molecule has 1 fully saturated rings. The van der Waals surface area contributed by atoms with Gasteiger partial charge in [0, 0.05) is 26.2 Å². The van der Waals surface area contributed by atoms with Crippen LogP contribution < -0.4 is 10.0 Å². The molecule has 18 heavy (non-hydrogen) atoms. The first-order chi connectivity index (χ1) is 8.45. The summed E-state index contributed by atoms with van der Waals surface area (Å²) >= 11 is 0. The van der Waals surface area contributed by atoms with Crippen molar-refractivity contribution in [3.05, 3.63) is 0 Å². The van der Waals surface area contributed by atoms with E-state index in [0.717, 1.165) is 38.9 Å². The number of nitrogens with zero attached hydrogens (tertiary/aromatic N) is 2. The molecule has 0 aromatic carbocycles. The zero-order valence-corrected chi connectivity index (χ0v) is 12.5. The van der Waals surface area contributed by atoms with Gasteiger partial charge in [-0.2, -0.15) is 17.4 Å². The molecule has 1 atom stereocenters. The van der Waals surface area contributed by atoms with Crippen molar-refractivity contribution in [3.63, 3.8) is 0 Å². The molecule has 1 aliphatic rings. The minimum atomic E-state index is -3.33. The van der Waals surface area contributed by atoms with Crippen molar-refractivity contribution >= 4 is 10.2 Å². The highest BCUT2D eigenvalue weighted by Gasteiger charge is 2.24. The minimum Gasteiger partial charge on any atom is -0.320 e. The summed E-state index contributed by atoms with van der Waals surface area (Å²) in [6.07, 6.45) is 2.79. The smallest absolute Gasteiger partial charge is 0.279 e. The summed E-state index contributed by atoms with van der Waals surface area (Å²) in [6.45, 7) is 3.21. The zero-order chi connectivity index (χ0) is 13.6. The Morgan fingerprint density at radius 3 is 2.78 bits per heavy atom. The maximum Gasteiger partial charge on any atom is 0.279 e. The van der Waals surface area contributed by atoms with E-state index >= 15 is 0 Å². The second-order valence-corrected chi connectivity index (χ2v) is 6.81. The normalized spacial score (nSPS) is 22.6. The van der Waals surface area contributed by atoms with Gasteiger partial charge < -0.3 is 10.2 Å². The molecule has 1 unspecified atom stereocenters. The minimum absolute atomic E-state index is 0.0421. The highest BCUT2D eigenvalue weighted by molar-refractivity contribution is 7.87. The summed E-state index contributed by atoms with van der Waals surface area (Å²) in [5, 5.41) is 3.01. The van der Waals surface area contributed by atoms with E-state index in [1.54, 1.807) is 7.05 Å². The van der Waals surface area contributed by atoms with Crippen molar-refractivity contribution in [1.29, 1.82) is 0 Å². The van der Waals surface area contributed by atoms with E-state index in [0.29, 0.717) is 6.54 Å². The average Bonchev–Trinajstić information content (AvgIpc) is 2.28. The number of likely N-dealkylation sites (tertiary alicyclic amines) is 1. The Balaban J connectivity index is 2.42. The van der Waals surface area contributed by atoms with Crippen LogP contribution in [0.1, 0.15) is 19.3 Å². The van der Waals surface area contributed by atoms with Crippen LogP contribution in [-0.2, 0) is 10.2 Å². The van der Waals surface area contributed by atoms with Gasteiger partial charge in [0.25, 0.3) is 10.2 Å². The standard InChI is InChI=1S/C11H26N4O2S/c1-12-7-5-9-15(3)18(16,17)13-11-6-4-8-14(2)10-11/h11-13H,4-10H2,1-3H3. The van der Waals surface area contributed by atoms with Crippen molar-refractivity contribution in [2.45, 2.75) is 25.3 Å². The first kappa shape index (κ1) is 15.8. The van der Waals surface area contributed by atoms with Crippen LogP contribution in [0.3, 0.4) is 0 Å². The van der Waals surface area contributed by atoms with Crippen molar-refractivity contribution < 1.29 is 8.42 Å². The van der Waals surface area contributed by atoms with E-state index < -0.39 is 10.2 Å². The molecule has 0 aliphatic carbocycles. The molecule has 0 aromatic heterocycles. The van der Waals surface area contributed by atoms with E-state index in [1.165, 1.54) is 4.31 Å². The molecule has 6 nitrogen and oxygen atoms in total. The van der Waals surface area contributed by atoms with Crippen LogP contribution in [0, 0.1) is 0 Å². The third-order valence-corrected chi connectivity index (χ3v) is 4.88. The molecular weight excluding hydrogens is 252 g/mol. The van der Waals surface area contributed by atoms with Crippen LogP contribution in [-0.4, -0.2) is 71.0 Å². The van der Waals surface area contributed by atoms with E-state index in [9.17, 15) is 8.42 Å². The number of nitrogens with one attached hydrogen (secondary N) is 2. The SMILES string of the molecule is CNCCCN(C)S(=O)(=O)NC1CCCN(C)C1. The van der Waals surface area contributed by atoms with Crippen molar-refractivity contribution in [1.82, 2.24) is 19.2 Å². The van der Waals surface area contributed by atoms with Gasteiger partial charge in [0.2, 0.25) is 0 Å². The van der Waals surface area contributed by atoms with Gasteiger partial charge in [-0.05, 0) is 46.4 Å². The molecule has 0 bridgehead atoms. The van der Waals surface area contributed by atoms with E-state index in [4.69, 9.17) is 0 Å². The fraction of sp³-hybridized carbons (Fsp3) is 1.00. The summed E-state index contributed by atoms with van der Waals surface area (Å²) in [4.78, 5) is 2.16. The monoisotopic (exact) mass is 278 g/mol. The van der Waals surface area contributed by atoms with Crippen molar-refractivity contribution in [3.8, 4) is 0 Å². The molecule has 0 saturated carbocycles. The summed E-state index contributed by atoms with van der Waals surface area (Å²) in [7, 11) is 2.19. The fourth-order valence-corrected chi connectivity index (χ4v) is 3.32. The number of likely N-dealkylation sites (N-methyl/N-ethyl adjacent to an activating group) is 1. The molecule has 108 valence electrons. The Bertz CT molecular complexity index is 334. The Morgan fingerprint density at radius 1 is 1.44 bits per heavy atom. The van der Waals surface area contributed by atoms with E-state index in [-0.39, 0.29) is 6.04 Å². The number of piperidine rings is 1. The first-order valence-corrected chi connectivity index (χ1v) is 7.96. The lowest BCUT2D eigenvalue weighted by Gasteiger charge is -2.31.